The number of carbonyl (C=O) groups excluding carboxylic acids is 1. The van der Waals surface area contributed by atoms with Crippen LogP contribution in [-0.4, -0.2) is 23.6 Å². The third-order valence-corrected chi connectivity index (χ3v) is 2.64. The lowest BCUT2D eigenvalue weighted by molar-refractivity contribution is -0.145. The van der Waals surface area contributed by atoms with Gasteiger partial charge in [0.15, 0.2) is 0 Å². The van der Waals surface area contributed by atoms with Crippen LogP contribution < -0.4 is 5.73 Å². The van der Waals surface area contributed by atoms with Crippen LogP contribution in [0.1, 0.15) is 18.4 Å². The molecule has 1 heterocycles. The van der Waals surface area contributed by atoms with Gasteiger partial charge in [0, 0.05) is 12.4 Å². The number of esters is 1. The van der Waals surface area contributed by atoms with Gasteiger partial charge in [-0.25, -0.2) is 0 Å². The van der Waals surface area contributed by atoms with Gasteiger partial charge in [-0.3, -0.25) is 9.78 Å². The van der Waals surface area contributed by atoms with Gasteiger partial charge >= 0.3 is 5.97 Å². The molecular weight excluding hydrogens is 204 g/mol. The van der Waals surface area contributed by atoms with Crippen LogP contribution in [0.3, 0.4) is 0 Å². The van der Waals surface area contributed by atoms with E-state index in [1.807, 2.05) is 12.1 Å². The highest BCUT2D eigenvalue weighted by molar-refractivity contribution is 5.75. The number of ether oxygens (including phenoxy) is 1. The Bertz CT molecular complexity index is 349. The van der Waals surface area contributed by atoms with E-state index in [0.717, 1.165) is 5.56 Å². The van der Waals surface area contributed by atoms with Gasteiger partial charge in [0.25, 0.3) is 0 Å². The zero-order valence-electron chi connectivity index (χ0n) is 9.13. The third-order valence-electron chi connectivity index (χ3n) is 2.64. The minimum atomic E-state index is -0.581. The molecule has 1 aliphatic carbocycles. The molecule has 0 amide bonds. The van der Waals surface area contributed by atoms with Crippen molar-refractivity contribution < 1.29 is 9.53 Å². The van der Waals surface area contributed by atoms with Gasteiger partial charge in [-0.05, 0) is 36.8 Å². The van der Waals surface area contributed by atoms with Crippen molar-refractivity contribution in [1.82, 2.24) is 4.98 Å². The van der Waals surface area contributed by atoms with E-state index in [-0.39, 0.29) is 5.97 Å². The topological polar surface area (TPSA) is 65.2 Å². The van der Waals surface area contributed by atoms with Crippen LogP contribution in [0.5, 0.6) is 0 Å². The van der Waals surface area contributed by atoms with Crippen LogP contribution in [0.4, 0.5) is 0 Å². The Morgan fingerprint density at radius 1 is 1.62 bits per heavy atom. The molecule has 0 aliphatic heterocycles. The Morgan fingerprint density at radius 3 is 3.06 bits per heavy atom. The van der Waals surface area contributed by atoms with E-state index in [9.17, 15) is 4.79 Å². The summed E-state index contributed by atoms with van der Waals surface area (Å²) in [7, 11) is 0. The number of carbonyl (C=O) groups is 1. The van der Waals surface area contributed by atoms with Crippen molar-refractivity contribution in [3.63, 3.8) is 0 Å². The van der Waals surface area contributed by atoms with Crippen molar-refractivity contribution in [2.45, 2.75) is 25.3 Å². The molecule has 86 valence electrons. The summed E-state index contributed by atoms with van der Waals surface area (Å²) in [6.45, 7) is 0.527. The molecule has 1 aromatic heterocycles. The molecule has 0 saturated heterocycles. The first-order valence-electron chi connectivity index (χ1n) is 5.57. The average molecular weight is 220 g/mol. The molecule has 16 heavy (non-hydrogen) atoms. The van der Waals surface area contributed by atoms with E-state index in [0.29, 0.717) is 18.9 Å². The summed E-state index contributed by atoms with van der Waals surface area (Å²) in [5.41, 5.74) is 6.71. The summed E-state index contributed by atoms with van der Waals surface area (Å²) in [4.78, 5) is 15.5. The normalized spacial score (nSPS) is 16.8. The van der Waals surface area contributed by atoms with Crippen LogP contribution in [0.25, 0.3) is 0 Å². The van der Waals surface area contributed by atoms with Gasteiger partial charge in [0.1, 0.15) is 6.04 Å². The highest BCUT2D eigenvalue weighted by Crippen LogP contribution is 2.28. The maximum Gasteiger partial charge on any atom is 0.323 e. The van der Waals surface area contributed by atoms with Crippen molar-refractivity contribution >= 4 is 5.97 Å². The number of nitrogens with two attached hydrogens (primary N) is 1. The van der Waals surface area contributed by atoms with Crippen molar-refractivity contribution in [2.75, 3.05) is 6.61 Å². The zero-order chi connectivity index (χ0) is 11.4. The van der Waals surface area contributed by atoms with E-state index < -0.39 is 6.04 Å². The van der Waals surface area contributed by atoms with Crippen molar-refractivity contribution in [1.29, 1.82) is 0 Å². The van der Waals surface area contributed by atoms with E-state index >= 15 is 0 Å². The molecule has 1 aromatic rings. The molecular formula is C12H16N2O2. The van der Waals surface area contributed by atoms with E-state index in [4.69, 9.17) is 10.5 Å². The molecule has 0 aromatic carbocycles. The maximum absolute atomic E-state index is 11.5. The van der Waals surface area contributed by atoms with Crippen LogP contribution in [0.2, 0.25) is 0 Å². The molecule has 0 radical (unpaired) electrons. The molecule has 1 saturated carbocycles. The molecule has 4 nitrogen and oxygen atoms in total. The fourth-order valence-corrected chi connectivity index (χ4v) is 1.45. The number of aromatic nitrogens is 1. The lowest BCUT2D eigenvalue weighted by Gasteiger charge is -2.10. The van der Waals surface area contributed by atoms with Crippen LogP contribution in [0, 0.1) is 5.92 Å². The first-order valence-corrected chi connectivity index (χ1v) is 5.57. The van der Waals surface area contributed by atoms with Gasteiger partial charge in [-0.2, -0.15) is 0 Å². The van der Waals surface area contributed by atoms with Crippen LogP contribution in [-0.2, 0) is 16.0 Å². The van der Waals surface area contributed by atoms with E-state index in [1.165, 1.54) is 12.8 Å². The standard InChI is InChI=1S/C12H16N2O2/c13-11(6-10-2-1-5-14-7-10)12(15)16-8-9-3-4-9/h1-2,5,7,9,11H,3-4,6,8,13H2. The Balaban J connectivity index is 1.77. The number of hydrogen-bond donors (Lipinski definition) is 1. The molecule has 4 heteroatoms. The molecule has 2 rings (SSSR count). The maximum atomic E-state index is 11.5. The van der Waals surface area contributed by atoms with Crippen LogP contribution in [0.15, 0.2) is 24.5 Å². The molecule has 0 bridgehead atoms. The Morgan fingerprint density at radius 2 is 2.44 bits per heavy atom. The first kappa shape index (κ1) is 11.1. The third kappa shape index (κ3) is 3.31. The van der Waals surface area contributed by atoms with Crippen LogP contribution >= 0.6 is 0 Å². The molecule has 1 atom stereocenters. The SMILES string of the molecule is NC(Cc1cccnc1)C(=O)OCC1CC1. The number of pyridine rings is 1. The second-order valence-electron chi connectivity index (χ2n) is 4.25. The summed E-state index contributed by atoms with van der Waals surface area (Å²) in [5.74, 6) is 0.269. The summed E-state index contributed by atoms with van der Waals surface area (Å²) < 4.78 is 5.12. The molecule has 1 aliphatic rings. The monoisotopic (exact) mass is 220 g/mol. The summed E-state index contributed by atoms with van der Waals surface area (Å²) >= 11 is 0. The Labute approximate surface area is 94.8 Å². The quantitative estimate of drug-likeness (QED) is 0.749. The second kappa shape index (κ2) is 5.07. The summed E-state index contributed by atoms with van der Waals surface area (Å²) in [6.07, 6.45) is 6.24. The lowest BCUT2D eigenvalue weighted by atomic mass is 10.1. The minimum absolute atomic E-state index is 0.309. The largest absolute Gasteiger partial charge is 0.464 e. The van der Waals surface area contributed by atoms with Gasteiger partial charge in [0.05, 0.1) is 6.61 Å². The van der Waals surface area contributed by atoms with Gasteiger partial charge in [0.2, 0.25) is 0 Å². The Hall–Kier alpha value is -1.42. The highest BCUT2D eigenvalue weighted by atomic mass is 16.5. The van der Waals surface area contributed by atoms with Crippen molar-refractivity contribution in [3.05, 3.63) is 30.1 Å². The highest BCUT2D eigenvalue weighted by Gasteiger charge is 2.24. The number of rotatable bonds is 5. The Kier molecular flexibility index (Phi) is 3.51. The number of nitrogens with zero attached hydrogens (tertiary/aromatic N) is 1. The van der Waals surface area contributed by atoms with Crippen molar-refractivity contribution in [2.24, 2.45) is 11.7 Å². The van der Waals surface area contributed by atoms with Crippen molar-refractivity contribution in [3.8, 4) is 0 Å². The lowest BCUT2D eigenvalue weighted by Crippen LogP contribution is -2.34. The van der Waals surface area contributed by atoms with Gasteiger partial charge in [-0.15, -0.1) is 0 Å². The predicted molar refractivity (Wildman–Crippen MR) is 59.6 cm³/mol. The smallest absolute Gasteiger partial charge is 0.323 e. The summed E-state index contributed by atoms with van der Waals surface area (Å²) in [5, 5.41) is 0. The first-order chi connectivity index (χ1) is 7.75. The fourth-order valence-electron chi connectivity index (χ4n) is 1.45. The average Bonchev–Trinajstić information content (AvgIpc) is 3.11. The number of hydrogen-bond acceptors (Lipinski definition) is 4. The van der Waals surface area contributed by atoms with E-state index in [2.05, 4.69) is 4.98 Å². The molecule has 2 N–H and O–H groups in total. The summed E-state index contributed by atoms with van der Waals surface area (Å²) in [6, 6.07) is 3.15. The van der Waals surface area contributed by atoms with Gasteiger partial charge in [-0.1, -0.05) is 6.07 Å². The minimum Gasteiger partial charge on any atom is -0.464 e. The predicted octanol–water partition coefficient (Wildman–Crippen LogP) is 0.905. The fraction of sp³-hybridized carbons (Fsp3) is 0.500. The second-order valence-corrected chi connectivity index (χ2v) is 4.25. The van der Waals surface area contributed by atoms with Gasteiger partial charge < -0.3 is 10.5 Å². The molecule has 1 fully saturated rings. The molecule has 1 unspecified atom stereocenters. The van der Waals surface area contributed by atoms with E-state index in [1.54, 1.807) is 12.4 Å². The molecule has 0 spiro atoms. The zero-order valence-corrected chi connectivity index (χ0v) is 9.13.